The normalized spacial score (nSPS) is 9.67. The number of hydrogen-bond donors (Lipinski definition) is 1. The van der Waals surface area contributed by atoms with Crippen molar-refractivity contribution < 1.29 is 14.6 Å². The van der Waals surface area contributed by atoms with Gasteiger partial charge in [-0.2, -0.15) is 0 Å². The van der Waals surface area contributed by atoms with Crippen molar-refractivity contribution >= 4 is 0 Å². The highest BCUT2D eigenvalue weighted by molar-refractivity contribution is 5.44. The highest BCUT2D eigenvalue weighted by Gasteiger charge is 2.02. The topological polar surface area (TPSA) is 51.6 Å². The Bertz CT molecular complexity index is 671. The van der Waals surface area contributed by atoms with Crippen LogP contribution in [0.25, 0.3) is 0 Å². The van der Waals surface area contributed by atoms with Crippen LogP contribution >= 0.6 is 0 Å². The third kappa shape index (κ3) is 4.23. The minimum Gasteiger partial charge on any atom is -0.487 e. The summed E-state index contributed by atoms with van der Waals surface area (Å²) >= 11 is 0. The highest BCUT2D eigenvalue weighted by atomic mass is 16.5. The minimum absolute atomic E-state index is 0.140. The van der Waals surface area contributed by atoms with Crippen molar-refractivity contribution in [2.75, 3.05) is 13.7 Å². The molecule has 4 heteroatoms. The second kappa shape index (κ2) is 7.32. The van der Waals surface area contributed by atoms with Gasteiger partial charge in [0.05, 0.1) is 12.8 Å². The summed E-state index contributed by atoms with van der Waals surface area (Å²) in [7, 11) is 1.59. The van der Waals surface area contributed by atoms with Gasteiger partial charge in [0, 0.05) is 11.6 Å². The molecule has 0 aliphatic heterocycles. The molecule has 0 saturated heterocycles. The highest BCUT2D eigenvalue weighted by Crippen LogP contribution is 2.18. The van der Waals surface area contributed by atoms with Crippen LogP contribution in [0.4, 0.5) is 0 Å². The first-order valence-electron chi connectivity index (χ1n) is 6.56. The average Bonchev–Trinajstić information content (AvgIpc) is 2.52. The van der Waals surface area contributed by atoms with E-state index in [2.05, 4.69) is 16.8 Å². The van der Waals surface area contributed by atoms with Gasteiger partial charge >= 0.3 is 0 Å². The van der Waals surface area contributed by atoms with Crippen molar-refractivity contribution in [2.45, 2.75) is 13.5 Å². The number of aliphatic hydroxyl groups is 1. The quantitative estimate of drug-likeness (QED) is 0.875. The molecule has 0 saturated carbocycles. The van der Waals surface area contributed by atoms with E-state index in [1.807, 2.05) is 37.3 Å². The van der Waals surface area contributed by atoms with Crippen molar-refractivity contribution in [3.63, 3.8) is 0 Å². The minimum atomic E-state index is -0.140. The van der Waals surface area contributed by atoms with Crippen molar-refractivity contribution in [3.8, 4) is 23.5 Å². The van der Waals surface area contributed by atoms with E-state index in [1.165, 1.54) is 0 Å². The van der Waals surface area contributed by atoms with Crippen LogP contribution in [-0.2, 0) is 6.61 Å². The van der Waals surface area contributed by atoms with Crippen molar-refractivity contribution in [3.05, 3.63) is 53.2 Å². The second-order valence-corrected chi connectivity index (χ2v) is 4.40. The third-order valence-electron chi connectivity index (χ3n) is 2.88. The summed E-state index contributed by atoms with van der Waals surface area (Å²) < 4.78 is 10.8. The zero-order valence-corrected chi connectivity index (χ0v) is 12.1. The first-order valence-corrected chi connectivity index (χ1v) is 6.56. The number of aliphatic hydroxyl groups excluding tert-OH is 1. The molecule has 2 aromatic rings. The number of hydrogen-bond acceptors (Lipinski definition) is 4. The summed E-state index contributed by atoms with van der Waals surface area (Å²) in [6.07, 6.45) is 0. The fraction of sp³-hybridized carbons (Fsp3) is 0.235. The first kappa shape index (κ1) is 14.9. The van der Waals surface area contributed by atoms with Crippen LogP contribution in [0.3, 0.4) is 0 Å². The third-order valence-corrected chi connectivity index (χ3v) is 2.88. The smallest absolute Gasteiger partial charge is 0.213 e. The van der Waals surface area contributed by atoms with Crippen LogP contribution in [0.15, 0.2) is 36.4 Å². The number of rotatable bonds is 4. The summed E-state index contributed by atoms with van der Waals surface area (Å²) in [6.45, 7) is 2.19. The molecule has 108 valence electrons. The Kier molecular flexibility index (Phi) is 5.19. The Morgan fingerprint density at radius 1 is 1.24 bits per heavy atom. The van der Waals surface area contributed by atoms with E-state index < -0.39 is 0 Å². The summed E-state index contributed by atoms with van der Waals surface area (Å²) in [5, 5.41) is 8.71. The molecule has 0 aliphatic carbocycles. The molecular formula is C17H17NO3. The van der Waals surface area contributed by atoms with Gasteiger partial charge in [-0.25, -0.2) is 4.98 Å². The molecule has 0 unspecified atom stereocenters. The molecule has 0 fully saturated rings. The van der Waals surface area contributed by atoms with Crippen molar-refractivity contribution in [1.82, 2.24) is 4.98 Å². The van der Waals surface area contributed by atoms with Gasteiger partial charge in [-0.05, 0) is 36.8 Å². The van der Waals surface area contributed by atoms with Crippen LogP contribution in [0.1, 0.15) is 16.8 Å². The Hall–Kier alpha value is -2.51. The summed E-state index contributed by atoms with van der Waals surface area (Å²) in [4.78, 5) is 4.29. The predicted octanol–water partition coefficient (Wildman–Crippen LogP) is 2.32. The molecular weight excluding hydrogens is 266 g/mol. The number of aryl methyl sites for hydroxylation is 1. The van der Waals surface area contributed by atoms with Crippen molar-refractivity contribution in [1.29, 1.82) is 0 Å². The fourth-order valence-corrected chi connectivity index (χ4v) is 1.81. The molecule has 0 spiro atoms. The average molecular weight is 283 g/mol. The van der Waals surface area contributed by atoms with Crippen LogP contribution in [-0.4, -0.2) is 23.8 Å². The summed E-state index contributed by atoms with van der Waals surface area (Å²) in [5.41, 5.74) is 2.69. The van der Waals surface area contributed by atoms with E-state index in [0.717, 1.165) is 22.6 Å². The van der Waals surface area contributed by atoms with Gasteiger partial charge < -0.3 is 14.6 Å². The molecule has 1 heterocycles. The second-order valence-electron chi connectivity index (χ2n) is 4.40. The van der Waals surface area contributed by atoms with Crippen LogP contribution in [0, 0.1) is 18.8 Å². The molecule has 1 N–H and O–H groups in total. The number of aromatic nitrogens is 1. The molecule has 1 aromatic carbocycles. The lowest BCUT2D eigenvalue weighted by molar-refractivity contribution is 0.298. The number of nitrogens with zero attached hydrogens (tertiary/aromatic N) is 1. The largest absolute Gasteiger partial charge is 0.487 e. The summed E-state index contributed by atoms with van der Waals surface area (Å²) in [5.74, 6) is 6.86. The maximum absolute atomic E-state index is 8.71. The first-order chi connectivity index (χ1) is 10.2. The van der Waals surface area contributed by atoms with Gasteiger partial charge in [0.1, 0.15) is 19.0 Å². The monoisotopic (exact) mass is 283 g/mol. The zero-order valence-electron chi connectivity index (χ0n) is 12.1. The SMILES string of the molecule is COc1cccc(COc2ccc(C#CCO)c(C)c2)n1. The Balaban J connectivity index is 2.04. The van der Waals surface area contributed by atoms with Gasteiger partial charge in [-0.15, -0.1) is 0 Å². The van der Waals surface area contributed by atoms with E-state index >= 15 is 0 Å². The molecule has 2 rings (SSSR count). The lowest BCUT2D eigenvalue weighted by atomic mass is 10.1. The van der Waals surface area contributed by atoms with Crippen molar-refractivity contribution in [2.24, 2.45) is 0 Å². The molecule has 4 nitrogen and oxygen atoms in total. The molecule has 0 radical (unpaired) electrons. The molecule has 0 bridgehead atoms. The maximum Gasteiger partial charge on any atom is 0.213 e. The van der Waals surface area contributed by atoms with Gasteiger partial charge in [-0.3, -0.25) is 0 Å². The number of pyridine rings is 1. The molecule has 0 amide bonds. The van der Waals surface area contributed by atoms with E-state index in [4.69, 9.17) is 14.6 Å². The van der Waals surface area contributed by atoms with Gasteiger partial charge in [0.25, 0.3) is 0 Å². The lowest BCUT2D eigenvalue weighted by Gasteiger charge is -2.08. The lowest BCUT2D eigenvalue weighted by Crippen LogP contribution is -2.00. The Morgan fingerprint density at radius 2 is 2.10 bits per heavy atom. The number of benzene rings is 1. The zero-order chi connectivity index (χ0) is 15.1. The van der Waals surface area contributed by atoms with E-state index in [1.54, 1.807) is 13.2 Å². The maximum atomic E-state index is 8.71. The van der Waals surface area contributed by atoms with E-state index in [9.17, 15) is 0 Å². The van der Waals surface area contributed by atoms with Crippen LogP contribution in [0.5, 0.6) is 11.6 Å². The van der Waals surface area contributed by atoms with Gasteiger partial charge in [0.15, 0.2) is 0 Å². The van der Waals surface area contributed by atoms with Gasteiger partial charge in [0.2, 0.25) is 5.88 Å². The van der Waals surface area contributed by atoms with E-state index in [0.29, 0.717) is 12.5 Å². The number of methoxy groups -OCH3 is 1. The predicted molar refractivity (Wildman–Crippen MR) is 80.3 cm³/mol. The molecule has 0 atom stereocenters. The van der Waals surface area contributed by atoms with Crippen LogP contribution in [0.2, 0.25) is 0 Å². The van der Waals surface area contributed by atoms with Crippen LogP contribution < -0.4 is 9.47 Å². The van der Waals surface area contributed by atoms with Gasteiger partial charge in [-0.1, -0.05) is 17.9 Å². The fourth-order valence-electron chi connectivity index (χ4n) is 1.81. The molecule has 21 heavy (non-hydrogen) atoms. The Labute approximate surface area is 124 Å². The Morgan fingerprint density at radius 3 is 2.81 bits per heavy atom. The number of ether oxygens (including phenoxy) is 2. The summed E-state index contributed by atoms with van der Waals surface area (Å²) in [6, 6.07) is 11.2. The molecule has 0 aliphatic rings. The van der Waals surface area contributed by atoms with E-state index in [-0.39, 0.29) is 6.61 Å². The standard InChI is InChI=1S/C17H17NO3/c1-13-11-16(9-8-14(13)5-4-10-19)21-12-15-6-3-7-17(18-15)20-2/h3,6-9,11,19H,10,12H2,1-2H3. The molecule has 1 aromatic heterocycles.